The average Bonchev–Trinajstić information content (AvgIpc) is 2.16. The van der Waals surface area contributed by atoms with Crippen molar-refractivity contribution in [2.24, 2.45) is 0 Å². The molecule has 0 saturated carbocycles. The first kappa shape index (κ1) is 11.1. The molecule has 78 valence electrons. The minimum Gasteiger partial charge on any atom is -0.385 e. The van der Waals surface area contributed by atoms with E-state index >= 15 is 0 Å². The largest absolute Gasteiger partial charge is 0.385 e. The fraction of sp³-hybridized carbons (Fsp3) is 0.429. The van der Waals surface area contributed by atoms with Gasteiger partial charge in [-0.1, -0.05) is 11.6 Å². The van der Waals surface area contributed by atoms with E-state index in [1.165, 1.54) is 12.4 Å². The molecule has 1 aromatic heterocycles. The highest BCUT2D eigenvalue weighted by Crippen LogP contribution is 2.06. The Kier molecular flexibility index (Phi) is 3.97. The van der Waals surface area contributed by atoms with Crippen molar-refractivity contribution in [1.29, 1.82) is 0 Å². The molecule has 1 aromatic rings. The second-order valence-electron chi connectivity index (χ2n) is 2.51. The Morgan fingerprint density at radius 2 is 2.00 bits per heavy atom. The second kappa shape index (κ2) is 5.02. The standard InChI is InChI=1S/C7H8ClF2N3O/c8-4-1-11-7(12-2-4)13-3-5(14)6(9)10/h1-2,5-6,14H,3H2,(H,11,12,13). The van der Waals surface area contributed by atoms with Gasteiger partial charge in [0.1, 0.15) is 6.10 Å². The van der Waals surface area contributed by atoms with Crippen molar-refractivity contribution < 1.29 is 13.9 Å². The zero-order valence-corrected chi connectivity index (χ0v) is 7.75. The first-order valence-corrected chi connectivity index (χ1v) is 4.15. The van der Waals surface area contributed by atoms with E-state index in [2.05, 4.69) is 15.3 Å². The van der Waals surface area contributed by atoms with E-state index in [0.717, 1.165) is 0 Å². The lowest BCUT2D eigenvalue weighted by Gasteiger charge is -2.09. The van der Waals surface area contributed by atoms with Gasteiger partial charge in [-0.3, -0.25) is 0 Å². The van der Waals surface area contributed by atoms with Crippen molar-refractivity contribution in [3.05, 3.63) is 17.4 Å². The predicted molar refractivity (Wildman–Crippen MR) is 47.5 cm³/mol. The minimum atomic E-state index is -2.78. The van der Waals surface area contributed by atoms with Crippen LogP contribution >= 0.6 is 11.6 Å². The summed E-state index contributed by atoms with van der Waals surface area (Å²) in [5, 5.41) is 11.5. The zero-order chi connectivity index (χ0) is 10.6. The molecule has 1 rings (SSSR count). The lowest BCUT2D eigenvalue weighted by Crippen LogP contribution is -2.27. The van der Waals surface area contributed by atoms with E-state index in [-0.39, 0.29) is 12.5 Å². The molecule has 0 aromatic carbocycles. The van der Waals surface area contributed by atoms with Crippen molar-refractivity contribution in [3.8, 4) is 0 Å². The number of nitrogens with zero attached hydrogens (tertiary/aromatic N) is 2. The maximum absolute atomic E-state index is 11.8. The van der Waals surface area contributed by atoms with Crippen LogP contribution in [0.15, 0.2) is 12.4 Å². The molecule has 0 bridgehead atoms. The Bertz CT molecular complexity index is 283. The monoisotopic (exact) mass is 223 g/mol. The summed E-state index contributed by atoms with van der Waals surface area (Å²) in [7, 11) is 0. The van der Waals surface area contributed by atoms with Gasteiger partial charge in [0, 0.05) is 6.54 Å². The molecular weight excluding hydrogens is 216 g/mol. The van der Waals surface area contributed by atoms with Crippen LogP contribution in [-0.4, -0.2) is 34.1 Å². The SMILES string of the molecule is OC(CNc1ncc(Cl)cn1)C(F)F. The molecule has 1 unspecified atom stereocenters. The summed E-state index contributed by atoms with van der Waals surface area (Å²) in [5.74, 6) is 0.147. The maximum atomic E-state index is 11.8. The summed E-state index contributed by atoms with van der Waals surface area (Å²) in [6.07, 6.45) is -1.86. The Hall–Kier alpha value is -1.01. The Morgan fingerprint density at radius 3 is 2.50 bits per heavy atom. The van der Waals surface area contributed by atoms with E-state index in [1.807, 2.05) is 0 Å². The first-order valence-electron chi connectivity index (χ1n) is 3.77. The van der Waals surface area contributed by atoms with Gasteiger partial charge >= 0.3 is 0 Å². The molecule has 7 heteroatoms. The normalized spacial score (nSPS) is 12.9. The fourth-order valence-corrected chi connectivity index (χ4v) is 0.786. The molecule has 1 heterocycles. The van der Waals surface area contributed by atoms with Crippen LogP contribution in [0.2, 0.25) is 5.02 Å². The van der Waals surface area contributed by atoms with Crippen LogP contribution in [0.25, 0.3) is 0 Å². The number of hydrogen-bond acceptors (Lipinski definition) is 4. The van der Waals surface area contributed by atoms with Crippen LogP contribution in [0, 0.1) is 0 Å². The molecule has 0 amide bonds. The van der Waals surface area contributed by atoms with Crippen molar-refractivity contribution in [3.63, 3.8) is 0 Å². The van der Waals surface area contributed by atoms with Gasteiger partial charge in [-0.2, -0.15) is 0 Å². The maximum Gasteiger partial charge on any atom is 0.265 e. The molecular formula is C7H8ClF2N3O. The molecule has 14 heavy (non-hydrogen) atoms. The van der Waals surface area contributed by atoms with Crippen LogP contribution in [0.1, 0.15) is 0 Å². The van der Waals surface area contributed by atoms with Crippen molar-refractivity contribution in [2.45, 2.75) is 12.5 Å². The molecule has 0 aliphatic rings. The van der Waals surface area contributed by atoms with Gasteiger partial charge in [0.2, 0.25) is 5.95 Å². The lowest BCUT2D eigenvalue weighted by molar-refractivity contribution is 0.00376. The van der Waals surface area contributed by atoms with Gasteiger partial charge in [0.25, 0.3) is 6.43 Å². The van der Waals surface area contributed by atoms with E-state index in [9.17, 15) is 8.78 Å². The van der Waals surface area contributed by atoms with Gasteiger partial charge in [-0.25, -0.2) is 18.7 Å². The van der Waals surface area contributed by atoms with Crippen LogP contribution < -0.4 is 5.32 Å². The highest BCUT2D eigenvalue weighted by molar-refractivity contribution is 6.30. The van der Waals surface area contributed by atoms with Crippen molar-refractivity contribution in [2.75, 3.05) is 11.9 Å². The highest BCUT2D eigenvalue weighted by atomic mass is 35.5. The molecule has 4 nitrogen and oxygen atoms in total. The van der Waals surface area contributed by atoms with E-state index in [0.29, 0.717) is 5.02 Å². The lowest BCUT2D eigenvalue weighted by atomic mass is 10.4. The van der Waals surface area contributed by atoms with Crippen molar-refractivity contribution >= 4 is 17.5 Å². The number of aromatic nitrogens is 2. The predicted octanol–water partition coefficient (Wildman–Crippen LogP) is 1.17. The van der Waals surface area contributed by atoms with Gasteiger partial charge in [-0.15, -0.1) is 0 Å². The molecule has 0 spiro atoms. The third-order valence-corrected chi connectivity index (χ3v) is 1.58. The van der Waals surface area contributed by atoms with Crippen LogP contribution in [-0.2, 0) is 0 Å². The van der Waals surface area contributed by atoms with Crippen LogP contribution in [0.5, 0.6) is 0 Å². The third-order valence-electron chi connectivity index (χ3n) is 1.38. The number of rotatable bonds is 4. The van der Waals surface area contributed by atoms with E-state index in [1.54, 1.807) is 0 Å². The molecule has 0 radical (unpaired) electrons. The molecule has 0 aliphatic carbocycles. The van der Waals surface area contributed by atoms with Crippen LogP contribution in [0.3, 0.4) is 0 Å². The Labute approximate surface area is 83.9 Å². The zero-order valence-electron chi connectivity index (χ0n) is 6.99. The molecule has 0 saturated heterocycles. The molecule has 2 N–H and O–H groups in total. The number of anilines is 1. The van der Waals surface area contributed by atoms with E-state index < -0.39 is 12.5 Å². The number of aliphatic hydroxyl groups is 1. The van der Waals surface area contributed by atoms with E-state index in [4.69, 9.17) is 16.7 Å². The summed E-state index contributed by atoms with van der Waals surface area (Å²) >= 11 is 5.50. The highest BCUT2D eigenvalue weighted by Gasteiger charge is 2.16. The second-order valence-corrected chi connectivity index (χ2v) is 2.94. The van der Waals surface area contributed by atoms with Crippen molar-refractivity contribution in [1.82, 2.24) is 9.97 Å². The van der Waals surface area contributed by atoms with Gasteiger partial charge in [0.05, 0.1) is 17.4 Å². The quantitative estimate of drug-likeness (QED) is 0.805. The number of aliphatic hydroxyl groups excluding tert-OH is 1. The Morgan fingerprint density at radius 1 is 1.43 bits per heavy atom. The smallest absolute Gasteiger partial charge is 0.265 e. The number of hydrogen-bond donors (Lipinski definition) is 2. The fourth-order valence-electron chi connectivity index (χ4n) is 0.689. The van der Waals surface area contributed by atoms with Gasteiger partial charge in [0.15, 0.2) is 0 Å². The summed E-state index contributed by atoms with van der Waals surface area (Å²) in [6.45, 7) is -0.306. The minimum absolute atomic E-state index is 0.147. The molecule has 0 fully saturated rings. The summed E-state index contributed by atoms with van der Waals surface area (Å²) < 4.78 is 23.7. The summed E-state index contributed by atoms with van der Waals surface area (Å²) in [5.41, 5.74) is 0. The number of nitrogens with one attached hydrogen (secondary N) is 1. The number of alkyl halides is 2. The van der Waals surface area contributed by atoms with Gasteiger partial charge < -0.3 is 10.4 Å². The topological polar surface area (TPSA) is 58.0 Å². The summed E-state index contributed by atoms with van der Waals surface area (Å²) in [4.78, 5) is 7.40. The molecule has 1 atom stereocenters. The first-order chi connectivity index (χ1) is 6.59. The van der Waals surface area contributed by atoms with Gasteiger partial charge in [-0.05, 0) is 0 Å². The molecule has 0 aliphatic heterocycles. The van der Waals surface area contributed by atoms with Crippen LogP contribution in [0.4, 0.5) is 14.7 Å². The Balaban J connectivity index is 2.42. The number of halogens is 3. The summed E-state index contributed by atoms with van der Waals surface area (Å²) in [6, 6.07) is 0. The third kappa shape index (κ3) is 3.39. The average molecular weight is 224 g/mol.